The van der Waals surface area contributed by atoms with Crippen LogP contribution in [0.25, 0.3) is 17.0 Å². The first-order valence-electron chi connectivity index (χ1n) is 8.83. The number of nitrogens with zero attached hydrogens (tertiary/aromatic N) is 3. The standard InChI is InChI=1S/C22H22N4/c1-15-7-6-10-18(11-15)22-24-21-13-20(12-17(3)26(21)25-22)23-14-19-9-5-4-8-16(19)2/h4-13,23H,14H2,1-3H3. The van der Waals surface area contributed by atoms with E-state index in [2.05, 4.69) is 85.8 Å². The minimum absolute atomic E-state index is 0.757. The minimum Gasteiger partial charge on any atom is -0.381 e. The van der Waals surface area contributed by atoms with E-state index in [0.29, 0.717) is 0 Å². The van der Waals surface area contributed by atoms with Gasteiger partial charge in [-0.2, -0.15) is 0 Å². The summed E-state index contributed by atoms with van der Waals surface area (Å²) >= 11 is 0. The maximum atomic E-state index is 4.73. The molecule has 0 spiro atoms. The molecule has 2 aromatic heterocycles. The summed E-state index contributed by atoms with van der Waals surface area (Å²) in [6.07, 6.45) is 0. The largest absolute Gasteiger partial charge is 0.381 e. The molecule has 2 aromatic carbocycles. The van der Waals surface area contributed by atoms with E-state index in [0.717, 1.165) is 35.0 Å². The highest BCUT2D eigenvalue weighted by molar-refractivity contribution is 5.62. The Morgan fingerprint density at radius 1 is 0.923 bits per heavy atom. The molecular weight excluding hydrogens is 320 g/mol. The van der Waals surface area contributed by atoms with Gasteiger partial charge < -0.3 is 5.32 Å². The Bertz CT molecular complexity index is 1080. The summed E-state index contributed by atoms with van der Waals surface area (Å²) in [6.45, 7) is 7.07. The van der Waals surface area contributed by atoms with Crippen molar-refractivity contribution in [2.24, 2.45) is 0 Å². The van der Waals surface area contributed by atoms with Crippen molar-refractivity contribution < 1.29 is 0 Å². The van der Waals surface area contributed by atoms with Crippen LogP contribution < -0.4 is 5.32 Å². The quantitative estimate of drug-likeness (QED) is 0.571. The molecule has 0 bridgehead atoms. The second-order valence-corrected chi connectivity index (χ2v) is 6.74. The Morgan fingerprint density at radius 2 is 1.77 bits per heavy atom. The Kier molecular flexibility index (Phi) is 4.17. The van der Waals surface area contributed by atoms with Crippen molar-refractivity contribution in [2.45, 2.75) is 27.3 Å². The first-order valence-corrected chi connectivity index (χ1v) is 8.83. The number of aromatic nitrogens is 3. The molecule has 0 aliphatic rings. The number of anilines is 1. The van der Waals surface area contributed by atoms with Crippen LogP contribution >= 0.6 is 0 Å². The molecule has 0 unspecified atom stereocenters. The fourth-order valence-electron chi connectivity index (χ4n) is 3.16. The maximum Gasteiger partial charge on any atom is 0.182 e. The summed E-state index contributed by atoms with van der Waals surface area (Å²) in [4.78, 5) is 4.73. The zero-order valence-electron chi connectivity index (χ0n) is 15.3. The van der Waals surface area contributed by atoms with E-state index in [1.165, 1.54) is 16.7 Å². The monoisotopic (exact) mass is 342 g/mol. The molecular formula is C22H22N4. The van der Waals surface area contributed by atoms with Gasteiger partial charge in [0.05, 0.1) is 0 Å². The van der Waals surface area contributed by atoms with E-state index in [4.69, 9.17) is 4.98 Å². The van der Waals surface area contributed by atoms with Crippen LogP contribution in [0.4, 0.5) is 5.69 Å². The second-order valence-electron chi connectivity index (χ2n) is 6.74. The zero-order valence-corrected chi connectivity index (χ0v) is 15.3. The third-order valence-electron chi connectivity index (χ3n) is 4.64. The fraction of sp³-hybridized carbons (Fsp3) is 0.182. The molecule has 4 heteroatoms. The van der Waals surface area contributed by atoms with Gasteiger partial charge in [0.15, 0.2) is 11.5 Å². The average molecular weight is 342 g/mol. The van der Waals surface area contributed by atoms with Crippen molar-refractivity contribution in [3.05, 3.63) is 83.0 Å². The van der Waals surface area contributed by atoms with Crippen molar-refractivity contribution in [3.63, 3.8) is 0 Å². The third kappa shape index (κ3) is 3.18. The predicted octanol–water partition coefficient (Wildman–Crippen LogP) is 4.93. The minimum atomic E-state index is 0.757. The molecule has 4 aromatic rings. The van der Waals surface area contributed by atoms with Crippen molar-refractivity contribution >= 4 is 11.3 Å². The van der Waals surface area contributed by atoms with Crippen LogP contribution in [0.2, 0.25) is 0 Å². The van der Waals surface area contributed by atoms with E-state index in [1.807, 2.05) is 10.6 Å². The van der Waals surface area contributed by atoms with Gasteiger partial charge in [0.2, 0.25) is 0 Å². The lowest BCUT2D eigenvalue weighted by atomic mass is 10.1. The fourth-order valence-corrected chi connectivity index (χ4v) is 3.16. The lowest BCUT2D eigenvalue weighted by Gasteiger charge is -2.10. The molecule has 0 saturated carbocycles. The summed E-state index contributed by atoms with van der Waals surface area (Å²) in [5, 5.41) is 8.19. The summed E-state index contributed by atoms with van der Waals surface area (Å²) in [6, 6.07) is 20.9. The van der Waals surface area contributed by atoms with Gasteiger partial charge in [-0.3, -0.25) is 0 Å². The van der Waals surface area contributed by atoms with Gasteiger partial charge in [0, 0.05) is 29.6 Å². The summed E-state index contributed by atoms with van der Waals surface area (Å²) in [7, 11) is 0. The number of hydrogen-bond donors (Lipinski definition) is 1. The topological polar surface area (TPSA) is 42.2 Å². The third-order valence-corrected chi connectivity index (χ3v) is 4.64. The molecule has 130 valence electrons. The van der Waals surface area contributed by atoms with Gasteiger partial charge in [-0.25, -0.2) is 9.50 Å². The number of pyridine rings is 1. The molecule has 2 heterocycles. The van der Waals surface area contributed by atoms with Crippen LogP contribution in [-0.2, 0) is 6.54 Å². The highest BCUT2D eigenvalue weighted by atomic mass is 15.3. The number of benzene rings is 2. The SMILES string of the molecule is Cc1cccc(-c2nc3cc(NCc4ccccc4C)cc(C)n3n2)c1. The molecule has 4 rings (SSSR count). The Morgan fingerprint density at radius 3 is 2.58 bits per heavy atom. The molecule has 0 radical (unpaired) electrons. The van der Waals surface area contributed by atoms with E-state index in [-0.39, 0.29) is 0 Å². The predicted molar refractivity (Wildman–Crippen MR) is 106 cm³/mol. The summed E-state index contributed by atoms with van der Waals surface area (Å²) < 4.78 is 1.90. The number of fused-ring (bicyclic) bond motifs is 1. The lowest BCUT2D eigenvalue weighted by Crippen LogP contribution is -2.03. The maximum absolute atomic E-state index is 4.73. The molecule has 4 nitrogen and oxygen atoms in total. The van der Waals surface area contributed by atoms with Gasteiger partial charge in [-0.1, -0.05) is 48.0 Å². The molecule has 0 amide bonds. The Labute approximate surface area is 153 Å². The first-order chi connectivity index (χ1) is 12.6. The van der Waals surface area contributed by atoms with Crippen molar-refractivity contribution in [3.8, 4) is 11.4 Å². The number of nitrogens with one attached hydrogen (secondary N) is 1. The number of hydrogen-bond acceptors (Lipinski definition) is 3. The highest BCUT2D eigenvalue weighted by Crippen LogP contribution is 2.21. The van der Waals surface area contributed by atoms with Gasteiger partial charge in [0.25, 0.3) is 0 Å². The normalized spacial score (nSPS) is 11.0. The number of aryl methyl sites for hydroxylation is 3. The van der Waals surface area contributed by atoms with Gasteiger partial charge in [-0.05, 0) is 44.0 Å². The van der Waals surface area contributed by atoms with E-state index >= 15 is 0 Å². The van der Waals surface area contributed by atoms with Crippen LogP contribution in [0.5, 0.6) is 0 Å². The highest BCUT2D eigenvalue weighted by Gasteiger charge is 2.09. The van der Waals surface area contributed by atoms with E-state index in [9.17, 15) is 0 Å². The van der Waals surface area contributed by atoms with Gasteiger partial charge in [0.1, 0.15) is 0 Å². The molecule has 0 atom stereocenters. The molecule has 0 saturated heterocycles. The van der Waals surface area contributed by atoms with E-state index in [1.54, 1.807) is 0 Å². The zero-order chi connectivity index (χ0) is 18.1. The van der Waals surface area contributed by atoms with Crippen LogP contribution in [0.15, 0.2) is 60.7 Å². The van der Waals surface area contributed by atoms with Crippen LogP contribution in [0, 0.1) is 20.8 Å². The molecule has 0 aliphatic carbocycles. The van der Waals surface area contributed by atoms with E-state index < -0.39 is 0 Å². The summed E-state index contributed by atoms with van der Waals surface area (Å²) in [5.41, 5.74) is 7.81. The second kappa shape index (κ2) is 6.64. The van der Waals surface area contributed by atoms with Gasteiger partial charge >= 0.3 is 0 Å². The van der Waals surface area contributed by atoms with Crippen LogP contribution in [0.1, 0.15) is 22.4 Å². The van der Waals surface area contributed by atoms with Crippen LogP contribution in [-0.4, -0.2) is 14.6 Å². The van der Waals surface area contributed by atoms with Gasteiger partial charge in [-0.15, -0.1) is 5.10 Å². The first kappa shape index (κ1) is 16.3. The molecule has 26 heavy (non-hydrogen) atoms. The molecule has 0 fully saturated rings. The molecule has 0 aliphatic heterocycles. The summed E-state index contributed by atoms with van der Waals surface area (Å²) in [5.74, 6) is 0.757. The Hall–Kier alpha value is -3.14. The van der Waals surface area contributed by atoms with Crippen molar-refractivity contribution in [1.29, 1.82) is 0 Å². The number of rotatable bonds is 4. The smallest absolute Gasteiger partial charge is 0.182 e. The van der Waals surface area contributed by atoms with Crippen molar-refractivity contribution in [2.75, 3.05) is 5.32 Å². The Balaban J connectivity index is 1.65. The average Bonchev–Trinajstić information content (AvgIpc) is 3.06. The van der Waals surface area contributed by atoms with Crippen LogP contribution in [0.3, 0.4) is 0 Å². The van der Waals surface area contributed by atoms with Crippen molar-refractivity contribution in [1.82, 2.24) is 14.6 Å². The lowest BCUT2D eigenvalue weighted by molar-refractivity contribution is 0.917. The molecule has 1 N–H and O–H groups in total.